The molecule has 0 fully saturated rings. The van der Waals surface area contributed by atoms with Crippen molar-refractivity contribution < 1.29 is 13.6 Å². The maximum absolute atomic E-state index is 13.0. The van der Waals surface area contributed by atoms with Crippen molar-refractivity contribution in [3.63, 3.8) is 0 Å². The van der Waals surface area contributed by atoms with E-state index in [1.807, 2.05) is 0 Å². The van der Waals surface area contributed by atoms with Crippen LogP contribution in [0.15, 0.2) is 12.1 Å². The van der Waals surface area contributed by atoms with Crippen molar-refractivity contribution in [3.8, 4) is 0 Å². The lowest BCUT2D eigenvalue weighted by Gasteiger charge is -2.06. The van der Waals surface area contributed by atoms with Gasteiger partial charge in [0, 0.05) is 12.1 Å². The second kappa shape index (κ2) is 4.23. The lowest BCUT2D eigenvalue weighted by atomic mass is 10.2. The van der Waals surface area contributed by atoms with Gasteiger partial charge in [0.25, 0.3) is 0 Å². The molecular formula is C8H7ClF2N2O. The second-order valence-electron chi connectivity index (χ2n) is 2.54. The zero-order valence-corrected chi connectivity index (χ0v) is 7.74. The smallest absolute Gasteiger partial charge is 0.312 e. The van der Waals surface area contributed by atoms with Crippen molar-refractivity contribution in [3.05, 3.63) is 34.4 Å². The first-order valence-electron chi connectivity index (χ1n) is 3.68. The Morgan fingerprint density at radius 3 is 2.57 bits per heavy atom. The van der Waals surface area contributed by atoms with Crippen LogP contribution in [0.2, 0.25) is 5.02 Å². The molecule has 0 spiro atoms. The van der Waals surface area contributed by atoms with Gasteiger partial charge in [-0.25, -0.2) is 13.6 Å². The van der Waals surface area contributed by atoms with Crippen LogP contribution in [0.4, 0.5) is 13.6 Å². The van der Waals surface area contributed by atoms with Gasteiger partial charge in [0.15, 0.2) is 0 Å². The van der Waals surface area contributed by atoms with Crippen LogP contribution < -0.4 is 11.1 Å². The number of urea groups is 1. The summed E-state index contributed by atoms with van der Waals surface area (Å²) >= 11 is 5.47. The summed E-state index contributed by atoms with van der Waals surface area (Å²) < 4.78 is 25.9. The Morgan fingerprint density at radius 2 is 2.00 bits per heavy atom. The van der Waals surface area contributed by atoms with Crippen molar-refractivity contribution >= 4 is 17.6 Å². The van der Waals surface area contributed by atoms with E-state index in [1.165, 1.54) is 0 Å². The first-order chi connectivity index (χ1) is 6.52. The van der Waals surface area contributed by atoms with Gasteiger partial charge in [0.1, 0.15) is 11.6 Å². The van der Waals surface area contributed by atoms with Gasteiger partial charge >= 0.3 is 6.03 Å². The van der Waals surface area contributed by atoms with Crippen molar-refractivity contribution in [2.24, 2.45) is 5.73 Å². The molecule has 0 aromatic heterocycles. The molecule has 0 heterocycles. The Balaban J connectivity index is 2.95. The maximum Gasteiger partial charge on any atom is 0.312 e. The molecular weight excluding hydrogens is 214 g/mol. The highest BCUT2D eigenvalue weighted by Crippen LogP contribution is 2.22. The molecule has 76 valence electrons. The van der Waals surface area contributed by atoms with Gasteiger partial charge in [-0.05, 0) is 12.1 Å². The van der Waals surface area contributed by atoms with E-state index in [9.17, 15) is 13.6 Å². The molecule has 0 aliphatic rings. The number of halogens is 3. The fourth-order valence-corrected chi connectivity index (χ4v) is 1.13. The summed E-state index contributed by atoms with van der Waals surface area (Å²) in [5, 5.41) is 1.77. The number of rotatable bonds is 2. The van der Waals surface area contributed by atoms with Gasteiger partial charge in [-0.15, -0.1) is 0 Å². The average molecular weight is 221 g/mol. The molecule has 2 amide bonds. The molecule has 0 saturated heterocycles. The zero-order valence-electron chi connectivity index (χ0n) is 6.98. The molecule has 1 aromatic carbocycles. The van der Waals surface area contributed by atoms with Gasteiger partial charge in [-0.1, -0.05) is 11.6 Å². The molecule has 0 saturated carbocycles. The Labute approximate surface area is 83.8 Å². The molecule has 0 aliphatic heterocycles. The van der Waals surface area contributed by atoms with Crippen LogP contribution in [-0.4, -0.2) is 6.03 Å². The molecule has 0 unspecified atom stereocenters. The van der Waals surface area contributed by atoms with Gasteiger partial charge in [0.2, 0.25) is 0 Å². The topological polar surface area (TPSA) is 55.1 Å². The minimum atomic E-state index is -0.829. The fraction of sp³-hybridized carbons (Fsp3) is 0.125. The fourth-order valence-electron chi connectivity index (χ4n) is 0.907. The molecule has 0 atom stereocenters. The lowest BCUT2D eigenvalue weighted by molar-refractivity contribution is 0.248. The zero-order chi connectivity index (χ0) is 10.7. The number of amides is 2. The largest absolute Gasteiger partial charge is 0.352 e. The van der Waals surface area contributed by atoms with E-state index in [1.54, 1.807) is 0 Å². The minimum Gasteiger partial charge on any atom is -0.352 e. The molecule has 0 radical (unpaired) electrons. The highest BCUT2D eigenvalue weighted by molar-refractivity contribution is 6.31. The summed E-state index contributed by atoms with van der Waals surface area (Å²) in [6.45, 7) is -0.238. The van der Waals surface area contributed by atoms with E-state index in [4.69, 9.17) is 17.3 Å². The summed E-state index contributed by atoms with van der Waals surface area (Å²) in [4.78, 5) is 10.3. The minimum absolute atomic E-state index is 0.120. The predicted octanol–water partition coefficient (Wildman–Crippen LogP) is 1.79. The van der Waals surface area contributed by atoms with E-state index in [0.717, 1.165) is 12.1 Å². The highest BCUT2D eigenvalue weighted by Gasteiger charge is 2.11. The molecule has 1 rings (SSSR count). The Bertz CT molecular complexity index is 371. The van der Waals surface area contributed by atoms with Crippen molar-refractivity contribution in [1.29, 1.82) is 0 Å². The third kappa shape index (κ3) is 2.32. The molecule has 6 heteroatoms. The van der Waals surface area contributed by atoms with Crippen molar-refractivity contribution in [2.45, 2.75) is 6.54 Å². The normalized spacial score (nSPS) is 9.93. The van der Waals surface area contributed by atoms with E-state index in [2.05, 4.69) is 5.32 Å². The second-order valence-corrected chi connectivity index (χ2v) is 2.92. The molecule has 0 bridgehead atoms. The lowest BCUT2D eigenvalue weighted by Crippen LogP contribution is -2.29. The maximum atomic E-state index is 13.0. The van der Waals surface area contributed by atoms with Crippen molar-refractivity contribution in [1.82, 2.24) is 5.32 Å². The molecule has 1 aromatic rings. The average Bonchev–Trinajstić information content (AvgIpc) is 2.11. The molecule has 0 aliphatic carbocycles. The summed E-state index contributed by atoms with van der Waals surface area (Å²) in [5.41, 5.74) is 4.65. The van der Waals surface area contributed by atoms with Crippen LogP contribution in [0.5, 0.6) is 0 Å². The van der Waals surface area contributed by atoms with Crippen LogP contribution in [0.25, 0.3) is 0 Å². The van der Waals surface area contributed by atoms with Gasteiger partial charge in [-0.2, -0.15) is 0 Å². The van der Waals surface area contributed by atoms with Crippen LogP contribution in [0, 0.1) is 11.6 Å². The van der Waals surface area contributed by atoms with E-state index in [-0.39, 0.29) is 17.1 Å². The third-order valence-corrected chi connectivity index (χ3v) is 1.99. The third-order valence-electron chi connectivity index (χ3n) is 1.58. The van der Waals surface area contributed by atoms with Gasteiger partial charge in [-0.3, -0.25) is 0 Å². The molecule has 3 nitrogen and oxygen atoms in total. The standard InChI is InChI=1S/C8H7ClF2N2O/c9-7-4(3-13-8(12)14)5(10)1-2-6(7)11/h1-2H,3H2,(H3,12,13,14). The van der Waals surface area contributed by atoms with Crippen LogP contribution in [0.3, 0.4) is 0 Å². The number of carbonyl (C=O) groups is 1. The molecule has 14 heavy (non-hydrogen) atoms. The summed E-state index contributed by atoms with van der Waals surface area (Å²) in [5.74, 6) is -1.43. The van der Waals surface area contributed by atoms with Crippen LogP contribution >= 0.6 is 11.6 Å². The quantitative estimate of drug-likeness (QED) is 0.734. The van der Waals surface area contributed by atoms with E-state index in [0.29, 0.717) is 0 Å². The van der Waals surface area contributed by atoms with Gasteiger partial charge < -0.3 is 11.1 Å². The van der Waals surface area contributed by atoms with E-state index < -0.39 is 17.7 Å². The Hall–Kier alpha value is -1.36. The number of primary amides is 1. The summed E-state index contributed by atoms with van der Waals surface area (Å²) in [6, 6.07) is 1.01. The van der Waals surface area contributed by atoms with Crippen molar-refractivity contribution in [2.75, 3.05) is 0 Å². The highest BCUT2D eigenvalue weighted by atomic mass is 35.5. The van der Waals surface area contributed by atoms with E-state index >= 15 is 0 Å². The number of hydrogen-bond donors (Lipinski definition) is 2. The SMILES string of the molecule is NC(=O)NCc1c(F)ccc(F)c1Cl. The number of nitrogens with two attached hydrogens (primary N) is 1. The number of benzene rings is 1. The van der Waals surface area contributed by atoms with Crippen LogP contribution in [-0.2, 0) is 6.54 Å². The summed E-state index contributed by atoms with van der Waals surface area (Å²) in [7, 11) is 0. The van der Waals surface area contributed by atoms with Crippen LogP contribution in [0.1, 0.15) is 5.56 Å². The number of carbonyl (C=O) groups excluding carboxylic acids is 1. The summed E-state index contributed by atoms with van der Waals surface area (Å²) in [6.07, 6.45) is 0. The van der Waals surface area contributed by atoms with Gasteiger partial charge in [0.05, 0.1) is 5.02 Å². The predicted molar refractivity (Wildman–Crippen MR) is 47.8 cm³/mol. The first-order valence-corrected chi connectivity index (χ1v) is 4.06. The Morgan fingerprint density at radius 1 is 1.43 bits per heavy atom. The monoisotopic (exact) mass is 220 g/mol. The first kappa shape index (κ1) is 10.7. The Kier molecular flexibility index (Phi) is 3.24. The number of nitrogens with one attached hydrogen (secondary N) is 1. The molecule has 3 N–H and O–H groups in total. The number of hydrogen-bond acceptors (Lipinski definition) is 1.